The largest absolute Gasteiger partial charge is 0.507 e. The molecule has 0 aliphatic carbocycles. The Labute approximate surface area is 110 Å². The summed E-state index contributed by atoms with van der Waals surface area (Å²) in [5, 5.41) is 12.8. The van der Waals surface area contributed by atoms with Gasteiger partial charge in [0.1, 0.15) is 5.75 Å². The fourth-order valence-electron chi connectivity index (χ4n) is 1.59. The average molecular weight is 262 g/mol. The van der Waals surface area contributed by atoms with Gasteiger partial charge in [-0.2, -0.15) is 0 Å². The minimum absolute atomic E-state index is 0.0421. The predicted octanol–water partition coefficient (Wildman–Crippen LogP) is 3.61. The Morgan fingerprint density at radius 3 is 2.61 bits per heavy atom. The highest BCUT2D eigenvalue weighted by Gasteiger charge is 2.12. The number of hydrogen-bond acceptors (Lipinski definition) is 2. The minimum atomic E-state index is -0.388. The number of carbonyl (C=O) groups excluding carboxylic acids is 1. The van der Waals surface area contributed by atoms with E-state index in [0.717, 1.165) is 5.56 Å². The van der Waals surface area contributed by atoms with Crippen LogP contribution in [0.5, 0.6) is 5.75 Å². The van der Waals surface area contributed by atoms with Gasteiger partial charge in [-0.15, -0.1) is 0 Å². The van der Waals surface area contributed by atoms with E-state index in [1.54, 1.807) is 42.5 Å². The number of hydrogen-bond donors (Lipinski definition) is 2. The van der Waals surface area contributed by atoms with Crippen LogP contribution in [0.1, 0.15) is 15.9 Å². The second-order valence-corrected chi connectivity index (χ2v) is 4.36. The Kier molecular flexibility index (Phi) is 3.53. The molecule has 3 nitrogen and oxygen atoms in total. The van der Waals surface area contributed by atoms with Gasteiger partial charge in [0.15, 0.2) is 0 Å². The number of anilines is 1. The van der Waals surface area contributed by atoms with E-state index in [1.807, 2.05) is 6.92 Å². The maximum Gasteiger partial charge on any atom is 0.259 e. The highest BCUT2D eigenvalue weighted by atomic mass is 35.5. The van der Waals surface area contributed by atoms with E-state index in [0.29, 0.717) is 10.7 Å². The third kappa shape index (κ3) is 2.63. The predicted molar refractivity (Wildman–Crippen MR) is 72.2 cm³/mol. The summed E-state index contributed by atoms with van der Waals surface area (Å²) in [6, 6.07) is 11.8. The number of amides is 1. The Morgan fingerprint density at radius 1 is 1.22 bits per heavy atom. The number of carbonyl (C=O) groups is 1. The molecular formula is C14H12ClNO2. The van der Waals surface area contributed by atoms with Crippen LogP contribution in [0, 0.1) is 6.92 Å². The second-order valence-electron chi connectivity index (χ2n) is 3.95. The molecular weight excluding hydrogens is 250 g/mol. The third-order valence-corrected chi connectivity index (χ3v) is 2.85. The lowest BCUT2D eigenvalue weighted by Crippen LogP contribution is -2.12. The number of phenols is 1. The zero-order valence-electron chi connectivity index (χ0n) is 9.77. The lowest BCUT2D eigenvalue weighted by Gasteiger charge is -2.08. The zero-order valence-corrected chi connectivity index (χ0v) is 10.5. The number of rotatable bonds is 2. The lowest BCUT2D eigenvalue weighted by molar-refractivity contribution is 0.102. The first-order valence-electron chi connectivity index (χ1n) is 5.43. The normalized spacial score (nSPS) is 10.1. The van der Waals surface area contributed by atoms with Crippen LogP contribution in [0.25, 0.3) is 0 Å². The van der Waals surface area contributed by atoms with Gasteiger partial charge < -0.3 is 10.4 Å². The van der Waals surface area contributed by atoms with Crippen molar-refractivity contribution in [2.24, 2.45) is 0 Å². The van der Waals surface area contributed by atoms with Gasteiger partial charge in [0, 0.05) is 0 Å². The van der Waals surface area contributed by atoms with Crippen LogP contribution >= 0.6 is 11.6 Å². The summed E-state index contributed by atoms with van der Waals surface area (Å²) in [7, 11) is 0. The Hall–Kier alpha value is -2.00. The maximum absolute atomic E-state index is 12.0. The molecule has 0 fully saturated rings. The topological polar surface area (TPSA) is 49.3 Å². The van der Waals surface area contributed by atoms with Gasteiger partial charge in [0.25, 0.3) is 5.91 Å². The van der Waals surface area contributed by atoms with Gasteiger partial charge in [0.2, 0.25) is 0 Å². The molecule has 0 atom stereocenters. The standard InChI is InChI=1S/C14H12ClNO2/c1-9-6-7-10(13(17)8-9)14(18)16-12-5-3-2-4-11(12)15/h2-8,17H,1H3,(H,16,18). The summed E-state index contributed by atoms with van der Waals surface area (Å²) >= 11 is 5.94. The summed E-state index contributed by atoms with van der Waals surface area (Å²) in [5.74, 6) is -0.430. The van der Waals surface area contributed by atoms with Crippen LogP contribution in [0.4, 0.5) is 5.69 Å². The molecule has 0 aliphatic rings. The third-order valence-electron chi connectivity index (χ3n) is 2.52. The number of nitrogens with one attached hydrogen (secondary N) is 1. The van der Waals surface area contributed by atoms with E-state index in [-0.39, 0.29) is 17.2 Å². The van der Waals surface area contributed by atoms with Gasteiger partial charge in [-0.05, 0) is 36.8 Å². The molecule has 0 heterocycles. The monoisotopic (exact) mass is 261 g/mol. The van der Waals surface area contributed by atoms with Crippen molar-refractivity contribution >= 4 is 23.2 Å². The van der Waals surface area contributed by atoms with Crippen molar-refractivity contribution in [2.45, 2.75) is 6.92 Å². The van der Waals surface area contributed by atoms with Crippen LogP contribution < -0.4 is 5.32 Å². The molecule has 4 heteroatoms. The maximum atomic E-state index is 12.0. The molecule has 0 saturated carbocycles. The molecule has 1 amide bonds. The Balaban J connectivity index is 2.25. The SMILES string of the molecule is Cc1ccc(C(=O)Nc2ccccc2Cl)c(O)c1. The van der Waals surface area contributed by atoms with E-state index >= 15 is 0 Å². The van der Waals surface area contributed by atoms with E-state index in [9.17, 15) is 9.90 Å². The first-order valence-corrected chi connectivity index (χ1v) is 5.81. The number of aromatic hydroxyl groups is 1. The highest BCUT2D eigenvalue weighted by Crippen LogP contribution is 2.24. The fraction of sp³-hybridized carbons (Fsp3) is 0.0714. The first-order chi connectivity index (χ1) is 8.58. The van der Waals surface area contributed by atoms with Gasteiger partial charge in [-0.25, -0.2) is 0 Å². The van der Waals surface area contributed by atoms with Crippen molar-refractivity contribution < 1.29 is 9.90 Å². The van der Waals surface area contributed by atoms with Gasteiger partial charge in [-0.3, -0.25) is 4.79 Å². The van der Waals surface area contributed by atoms with Crippen molar-refractivity contribution in [1.29, 1.82) is 0 Å². The van der Waals surface area contributed by atoms with Crippen LogP contribution in [-0.2, 0) is 0 Å². The number of halogens is 1. The molecule has 0 unspecified atom stereocenters. The number of phenolic OH excluding ortho intramolecular Hbond substituents is 1. The van der Waals surface area contributed by atoms with Crippen molar-refractivity contribution in [1.82, 2.24) is 0 Å². The number of para-hydroxylation sites is 1. The Bertz CT molecular complexity index is 596. The number of benzene rings is 2. The molecule has 0 aromatic heterocycles. The first kappa shape index (κ1) is 12.5. The van der Waals surface area contributed by atoms with E-state index in [1.165, 1.54) is 0 Å². The van der Waals surface area contributed by atoms with Gasteiger partial charge >= 0.3 is 0 Å². The van der Waals surface area contributed by atoms with Crippen LogP contribution in [0.2, 0.25) is 5.02 Å². The van der Waals surface area contributed by atoms with Gasteiger partial charge in [-0.1, -0.05) is 29.8 Å². The average Bonchev–Trinajstić information content (AvgIpc) is 2.32. The summed E-state index contributed by atoms with van der Waals surface area (Å²) in [6.07, 6.45) is 0. The van der Waals surface area contributed by atoms with Crippen LogP contribution in [0.15, 0.2) is 42.5 Å². The molecule has 2 N–H and O–H groups in total. The zero-order chi connectivity index (χ0) is 13.1. The van der Waals surface area contributed by atoms with Crippen molar-refractivity contribution in [3.05, 3.63) is 58.6 Å². The van der Waals surface area contributed by atoms with E-state index in [2.05, 4.69) is 5.32 Å². The second kappa shape index (κ2) is 5.10. The van der Waals surface area contributed by atoms with Crippen LogP contribution in [-0.4, -0.2) is 11.0 Å². The van der Waals surface area contributed by atoms with Gasteiger partial charge in [0.05, 0.1) is 16.3 Å². The highest BCUT2D eigenvalue weighted by molar-refractivity contribution is 6.33. The molecule has 0 radical (unpaired) electrons. The number of aryl methyl sites for hydroxylation is 1. The molecule has 0 spiro atoms. The summed E-state index contributed by atoms with van der Waals surface area (Å²) in [5.41, 5.74) is 1.63. The lowest BCUT2D eigenvalue weighted by atomic mass is 10.1. The minimum Gasteiger partial charge on any atom is -0.507 e. The van der Waals surface area contributed by atoms with E-state index < -0.39 is 0 Å². The molecule has 0 bridgehead atoms. The van der Waals surface area contributed by atoms with E-state index in [4.69, 9.17) is 11.6 Å². The molecule has 92 valence electrons. The van der Waals surface area contributed by atoms with Crippen molar-refractivity contribution in [3.63, 3.8) is 0 Å². The summed E-state index contributed by atoms with van der Waals surface area (Å²) in [4.78, 5) is 12.0. The fourth-order valence-corrected chi connectivity index (χ4v) is 1.77. The molecule has 18 heavy (non-hydrogen) atoms. The summed E-state index contributed by atoms with van der Waals surface area (Å²) in [6.45, 7) is 1.84. The molecule has 2 rings (SSSR count). The molecule has 0 saturated heterocycles. The van der Waals surface area contributed by atoms with Crippen LogP contribution in [0.3, 0.4) is 0 Å². The van der Waals surface area contributed by atoms with Crippen molar-refractivity contribution in [2.75, 3.05) is 5.32 Å². The smallest absolute Gasteiger partial charge is 0.259 e. The molecule has 2 aromatic carbocycles. The van der Waals surface area contributed by atoms with Crippen molar-refractivity contribution in [3.8, 4) is 5.75 Å². The molecule has 0 aliphatic heterocycles. The summed E-state index contributed by atoms with van der Waals surface area (Å²) < 4.78 is 0. The molecule has 2 aromatic rings. The quantitative estimate of drug-likeness (QED) is 0.868. The Morgan fingerprint density at radius 2 is 1.94 bits per heavy atom.